The molecule has 6 nitrogen and oxygen atoms in total. The van der Waals surface area contributed by atoms with Gasteiger partial charge in [-0.1, -0.05) is 12.1 Å². The summed E-state index contributed by atoms with van der Waals surface area (Å²) >= 11 is 0. The highest BCUT2D eigenvalue weighted by molar-refractivity contribution is 6.02. The van der Waals surface area contributed by atoms with Crippen LogP contribution in [0.2, 0.25) is 0 Å². The van der Waals surface area contributed by atoms with Crippen LogP contribution in [-0.4, -0.2) is 24.9 Å². The fraction of sp³-hybridized carbons (Fsp3) is 0.368. The van der Waals surface area contributed by atoms with Crippen LogP contribution in [0.25, 0.3) is 0 Å². The zero-order valence-electron chi connectivity index (χ0n) is 14.1. The Bertz CT molecular complexity index is 689. The van der Waals surface area contributed by atoms with Crippen molar-refractivity contribution in [2.75, 3.05) is 18.4 Å². The van der Waals surface area contributed by atoms with Gasteiger partial charge in [0.1, 0.15) is 0 Å². The molecule has 6 heteroatoms. The lowest BCUT2D eigenvalue weighted by Gasteiger charge is -2.09. The number of amides is 2. The van der Waals surface area contributed by atoms with Gasteiger partial charge in [-0.15, -0.1) is 0 Å². The monoisotopic (exact) mass is 341 g/mol. The molecule has 2 amide bonds. The lowest BCUT2D eigenvalue weighted by Crippen LogP contribution is -2.23. The molecule has 1 aromatic heterocycles. The minimum Gasteiger partial charge on any atom is -0.459 e. The van der Waals surface area contributed by atoms with Crippen LogP contribution in [0.5, 0.6) is 0 Å². The van der Waals surface area contributed by atoms with Crippen molar-refractivity contribution in [3.05, 3.63) is 54.0 Å². The number of furan rings is 1. The molecule has 2 aromatic rings. The van der Waals surface area contributed by atoms with Gasteiger partial charge in [-0.05, 0) is 61.7 Å². The van der Waals surface area contributed by atoms with Gasteiger partial charge in [0, 0.05) is 18.7 Å². The Morgan fingerprint density at radius 1 is 1.20 bits per heavy atom. The average Bonchev–Trinajstić information content (AvgIpc) is 3.33. The highest BCUT2D eigenvalue weighted by atomic mass is 16.3. The van der Waals surface area contributed by atoms with Gasteiger partial charge in [0.25, 0.3) is 5.91 Å². The Hall–Kier alpha value is -2.60. The maximum Gasteiger partial charge on any atom is 0.291 e. The molecule has 1 saturated heterocycles. The maximum absolute atomic E-state index is 11.9. The van der Waals surface area contributed by atoms with E-state index in [1.54, 1.807) is 12.1 Å². The van der Waals surface area contributed by atoms with Crippen molar-refractivity contribution in [2.24, 2.45) is 5.92 Å². The molecule has 132 valence electrons. The Morgan fingerprint density at radius 3 is 2.72 bits per heavy atom. The summed E-state index contributed by atoms with van der Waals surface area (Å²) < 4.78 is 5.05. The van der Waals surface area contributed by atoms with Crippen LogP contribution >= 0.6 is 0 Å². The number of carbonyl (C=O) groups excluding carboxylic acids is 2. The smallest absolute Gasteiger partial charge is 0.291 e. The molecule has 3 N–H and O–H groups in total. The van der Waals surface area contributed by atoms with Crippen LogP contribution < -0.4 is 16.0 Å². The van der Waals surface area contributed by atoms with Crippen LogP contribution in [0.3, 0.4) is 0 Å². The third kappa shape index (κ3) is 5.19. The summed E-state index contributed by atoms with van der Waals surface area (Å²) in [4.78, 5) is 23.8. The Labute approximate surface area is 147 Å². The molecular weight excluding hydrogens is 318 g/mol. The molecule has 1 aromatic carbocycles. The van der Waals surface area contributed by atoms with Crippen LogP contribution in [0, 0.1) is 5.92 Å². The molecule has 0 spiro atoms. The fourth-order valence-electron chi connectivity index (χ4n) is 2.89. The molecule has 0 bridgehead atoms. The normalized spacial score (nSPS) is 16.6. The minimum absolute atomic E-state index is 0.0853. The molecule has 2 heterocycles. The Morgan fingerprint density at radius 2 is 2.04 bits per heavy atom. The summed E-state index contributed by atoms with van der Waals surface area (Å²) in [7, 11) is 0. The number of nitrogens with one attached hydrogen (secondary N) is 3. The van der Waals surface area contributed by atoms with Gasteiger partial charge < -0.3 is 20.4 Å². The second-order valence-corrected chi connectivity index (χ2v) is 6.30. The SMILES string of the molecule is O=C(CCC1CCNC1)NCc1ccc(NC(=O)c2ccco2)cc1. The first-order chi connectivity index (χ1) is 12.2. The third-order valence-corrected chi connectivity index (χ3v) is 4.39. The van der Waals surface area contributed by atoms with Gasteiger partial charge in [0.15, 0.2) is 5.76 Å². The minimum atomic E-state index is -0.285. The molecule has 3 rings (SSSR count). The summed E-state index contributed by atoms with van der Waals surface area (Å²) in [5.74, 6) is 0.700. The maximum atomic E-state index is 11.9. The number of hydrogen-bond acceptors (Lipinski definition) is 4. The molecule has 1 unspecified atom stereocenters. The third-order valence-electron chi connectivity index (χ3n) is 4.39. The van der Waals surface area contributed by atoms with Crippen LogP contribution in [0.4, 0.5) is 5.69 Å². The Kier molecular flexibility index (Phi) is 5.85. The van der Waals surface area contributed by atoms with Crippen molar-refractivity contribution in [3.8, 4) is 0 Å². The highest BCUT2D eigenvalue weighted by Crippen LogP contribution is 2.14. The second kappa shape index (κ2) is 8.48. The van der Waals surface area contributed by atoms with Crippen LogP contribution in [0.1, 0.15) is 35.4 Å². The van der Waals surface area contributed by atoms with E-state index in [1.165, 1.54) is 12.7 Å². The van der Waals surface area contributed by atoms with E-state index in [0.717, 1.165) is 25.1 Å². The molecule has 1 atom stereocenters. The highest BCUT2D eigenvalue weighted by Gasteiger charge is 2.15. The molecule has 1 aliphatic rings. The van der Waals surface area contributed by atoms with Crippen molar-refractivity contribution in [3.63, 3.8) is 0 Å². The second-order valence-electron chi connectivity index (χ2n) is 6.30. The van der Waals surface area contributed by atoms with E-state index < -0.39 is 0 Å². The van der Waals surface area contributed by atoms with E-state index >= 15 is 0 Å². The molecule has 25 heavy (non-hydrogen) atoms. The molecule has 0 saturated carbocycles. The number of anilines is 1. The fourth-order valence-corrected chi connectivity index (χ4v) is 2.89. The first kappa shape index (κ1) is 17.2. The molecule has 1 fully saturated rings. The standard InChI is InChI=1S/C19H23N3O3/c23-18(8-5-15-9-10-20-12-15)21-13-14-3-6-16(7-4-14)22-19(24)17-2-1-11-25-17/h1-4,6-7,11,15,20H,5,8-10,12-13H2,(H,21,23)(H,22,24). The molecule has 1 aliphatic heterocycles. The van der Waals surface area contributed by atoms with Crippen molar-refractivity contribution < 1.29 is 14.0 Å². The lowest BCUT2D eigenvalue weighted by molar-refractivity contribution is -0.121. The summed E-state index contributed by atoms with van der Waals surface area (Å²) in [6.07, 6.45) is 4.14. The quantitative estimate of drug-likeness (QED) is 0.723. The zero-order chi connectivity index (χ0) is 17.5. The van der Waals surface area contributed by atoms with Gasteiger partial charge >= 0.3 is 0 Å². The van der Waals surface area contributed by atoms with Crippen LogP contribution in [-0.2, 0) is 11.3 Å². The Balaban J connectivity index is 1.41. The number of rotatable bonds is 7. The summed E-state index contributed by atoms with van der Waals surface area (Å²) in [6.45, 7) is 2.59. The predicted octanol–water partition coefficient (Wildman–Crippen LogP) is 2.54. The lowest BCUT2D eigenvalue weighted by atomic mass is 10.0. The summed E-state index contributed by atoms with van der Waals surface area (Å²) in [6, 6.07) is 10.7. The molecule has 0 radical (unpaired) electrons. The molecular formula is C19H23N3O3. The van der Waals surface area contributed by atoms with E-state index in [4.69, 9.17) is 4.42 Å². The first-order valence-corrected chi connectivity index (χ1v) is 8.62. The van der Waals surface area contributed by atoms with Gasteiger partial charge in [-0.2, -0.15) is 0 Å². The summed E-state index contributed by atoms with van der Waals surface area (Å²) in [5.41, 5.74) is 1.68. The van der Waals surface area contributed by atoms with Gasteiger partial charge in [0.2, 0.25) is 5.91 Å². The number of hydrogen-bond donors (Lipinski definition) is 3. The van der Waals surface area contributed by atoms with Gasteiger partial charge in [-0.3, -0.25) is 9.59 Å². The van der Waals surface area contributed by atoms with E-state index in [9.17, 15) is 9.59 Å². The van der Waals surface area contributed by atoms with E-state index in [1.807, 2.05) is 24.3 Å². The van der Waals surface area contributed by atoms with Crippen molar-refractivity contribution in [1.82, 2.24) is 10.6 Å². The molecule has 0 aliphatic carbocycles. The van der Waals surface area contributed by atoms with E-state index in [2.05, 4.69) is 16.0 Å². The van der Waals surface area contributed by atoms with Crippen molar-refractivity contribution in [2.45, 2.75) is 25.8 Å². The van der Waals surface area contributed by atoms with Crippen molar-refractivity contribution in [1.29, 1.82) is 0 Å². The number of carbonyl (C=O) groups is 2. The van der Waals surface area contributed by atoms with E-state index in [-0.39, 0.29) is 17.6 Å². The topological polar surface area (TPSA) is 83.4 Å². The van der Waals surface area contributed by atoms with Crippen LogP contribution in [0.15, 0.2) is 47.1 Å². The van der Waals surface area contributed by atoms with Gasteiger partial charge in [0.05, 0.1) is 6.26 Å². The first-order valence-electron chi connectivity index (χ1n) is 8.62. The van der Waals surface area contributed by atoms with Gasteiger partial charge in [-0.25, -0.2) is 0 Å². The van der Waals surface area contributed by atoms with E-state index in [0.29, 0.717) is 24.6 Å². The van der Waals surface area contributed by atoms with Crippen molar-refractivity contribution >= 4 is 17.5 Å². The number of benzene rings is 1. The largest absolute Gasteiger partial charge is 0.459 e. The average molecular weight is 341 g/mol. The predicted molar refractivity (Wildman–Crippen MR) is 95.2 cm³/mol. The summed E-state index contributed by atoms with van der Waals surface area (Å²) in [5, 5.41) is 9.02. The zero-order valence-corrected chi connectivity index (χ0v) is 14.1.